The number of carbonyl (C=O) groups excluding carboxylic acids is 1. The third-order valence-electron chi connectivity index (χ3n) is 3.09. The zero-order valence-electron chi connectivity index (χ0n) is 11.2. The molecule has 1 saturated heterocycles. The maximum Gasteiger partial charge on any atom is 0.325 e. The lowest BCUT2D eigenvalue weighted by Gasteiger charge is -2.36. The molecule has 0 radical (unpaired) electrons. The molecule has 0 aromatic heterocycles. The minimum atomic E-state index is -0.903. The van der Waals surface area contributed by atoms with Gasteiger partial charge in [-0.3, -0.25) is 9.69 Å². The lowest BCUT2D eigenvalue weighted by Crippen LogP contribution is -2.51. The van der Waals surface area contributed by atoms with Gasteiger partial charge in [-0.2, -0.15) is 0 Å². The molecule has 17 heavy (non-hydrogen) atoms. The molecule has 0 bridgehead atoms. The Morgan fingerprint density at radius 1 is 1.47 bits per heavy atom. The van der Waals surface area contributed by atoms with Crippen LogP contribution in [0.5, 0.6) is 0 Å². The Bertz CT molecular complexity index is 258. The molecule has 2 N–H and O–H groups in total. The molecule has 5 nitrogen and oxygen atoms in total. The number of morpholine rings is 1. The quantitative estimate of drug-likeness (QED) is 0.724. The van der Waals surface area contributed by atoms with Gasteiger partial charge >= 0.3 is 5.97 Å². The SMILES string of the molecule is COC(=O)C(C)(N)CCN1C[C@@H](C)O[C@@H](C)C1. The van der Waals surface area contributed by atoms with Crippen LogP contribution in [0.15, 0.2) is 0 Å². The summed E-state index contributed by atoms with van der Waals surface area (Å²) >= 11 is 0. The number of nitrogens with two attached hydrogens (primary N) is 1. The number of carbonyl (C=O) groups is 1. The second-order valence-electron chi connectivity index (χ2n) is 5.18. The van der Waals surface area contributed by atoms with Crippen molar-refractivity contribution in [2.24, 2.45) is 5.73 Å². The molecule has 0 aromatic carbocycles. The van der Waals surface area contributed by atoms with Crippen molar-refractivity contribution in [3.63, 3.8) is 0 Å². The van der Waals surface area contributed by atoms with E-state index in [1.807, 2.05) is 0 Å². The number of nitrogens with zero attached hydrogens (tertiary/aromatic N) is 1. The molecule has 1 aliphatic rings. The Morgan fingerprint density at radius 2 is 2.00 bits per heavy atom. The smallest absolute Gasteiger partial charge is 0.325 e. The second kappa shape index (κ2) is 5.80. The zero-order chi connectivity index (χ0) is 13.1. The van der Waals surface area contributed by atoms with Gasteiger partial charge in [0, 0.05) is 19.6 Å². The molecule has 0 aromatic rings. The predicted molar refractivity (Wildman–Crippen MR) is 65.7 cm³/mol. The van der Waals surface area contributed by atoms with Gasteiger partial charge in [-0.25, -0.2) is 0 Å². The average molecular weight is 244 g/mol. The Kier molecular flexibility index (Phi) is 4.91. The fourth-order valence-electron chi connectivity index (χ4n) is 2.19. The van der Waals surface area contributed by atoms with E-state index < -0.39 is 5.54 Å². The van der Waals surface area contributed by atoms with Gasteiger partial charge in [0.25, 0.3) is 0 Å². The Labute approximate surface area is 103 Å². The van der Waals surface area contributed by atoms with Crippen LogP contribution in [0.3, 0.4) is 0 Å². The third kappa shape index (κ3) is 4.26. The highest BCUT2D eigenvalue weighted by Gasteiger charge is 2.31. The van der Waals surface area contributed by atoms with E-state index in [9.17, 15) is 4.79 Å². The first-order valence-electron chi connectivity index (χ1n) is 6.10. The van der Waals surface area contributed by atoms with E-state index in [-0.39, 0.29) is 18.2 Å². The van der Waals surface area contributed by atoms with Gasteiger partial charge in [-0.1, -0.05) is 0 Å². The maximum absolute atomic E-state index is 11.4. The lowest BCUT2D eigenvalue weighted by atomic mass is 9.99. The zero-order valence-corrected chi connectivity index (χ0v) is 11.2. The van der Waals surface area contributed by atoms with Crippen LogP contribution < -0.4 is 5.73 Å². The van der Waals surface area contributed by atoms with Gasteiger partial charge in [0.1, 0.15) is 5.54 Å². The number of esters is 1. The van der Waals surface area contributed by atoms with Gasteiger partial charge in [0.2, 0.25) is 0 Å². The number of methoxy groups -OCH3 is 1. The number of hydrogen-bond acceptors (Lipinski definition) is 5. The number of rotatable bonds is 4. The van der Waals surface area contributed by atoms with E-state index in [1.165, 1.54) is 7.11 Å². The molecular weight excluding hydrogens is 220 g/mol. The topological polar surface area (TPSA) is 64.8 Å². The molecule has 1 fully saturated rings. The summed E-state index contributed by atoms with van der Waals surface area (Å²) < 4.78 is 10.3. The van der Waals surface area contributed by atoms with Gasteiger partial charge in [-0.05, 0) is 27.2 Å². The first-order valence-corrected chi connectivity index (χ1v) is 6.10. The first kappa shape index (κ1) is 14.4. The highest BCUT2D eigenvalue weighted by molar-refractivity contribution is 5.79. The predicted octanol–water partition coefficient (Wildman–Crippen LogP) is 0.376. The van der Waals surface area contributed by atoms with Crippen molar-refractivity contribution >= 4 is 5.97 Å². The van der Waals surface area contributed by atoms with Crippen molar-refractivity contribution in [2.45, 2.75) is 44.9 Å². The van der Waals surface area contributed by atoms with Crippen molar-refractivity contribution in [3.05, 3.63) is 0 Å². The van der Waals surface area contributed by atoms with Crippen molar-refractivity contribution in [1.82, 2.24) is 4.90 Å². The molecule has 1 heterocycles. The van der Waals surface area contributed by atoms with E-state index >= 15 is 0 Å². The maximum atomic E-state index is 11.4. The molecule has 1 aliphatic heterocycles. The van der Waals surface area contributed by atoms with Crippen LogP contribution >= 0.6 is 0 Å². The molecule has 0 saturated carbocycles. The molecule has 3 atom stereocenters. The molecule has 0 aliphatic carbocycles. The van der Waals surface area contributed by atoms with Crippen LogP contribution in [0.1, 0.15) is 27.2 Å². The molecular formula is C12H24N2O3. The van der Waals surface area contributed by atoms with Crippen molar-refractivity contribution in [2.75, 3.05) is 26.7 Å². The first-order chi connectivity index (χ1) is 7.85. The van der Waals surface area contributed by atoms with Gasteiger partial charge < -0.3 is 15.2 Å². The molecule has 5 heteroatoms. The summed E-state index contributed by atoms with van der Waals surface area (Å²) in [7, 11) is 1.37. The largest absolute Gasteiger partial charge is 0.468 e. The van der Waals surface area contributed by atoms with Gasteiger partial charge in [0.15, 0.2) is 0 Å². The monoisotopic (exact) mass is 244 g/mol. The van der Waals surface area contributed by atoms with Crippen LogP contribution in [0.25, 0.3) is 0 Å². The highest BCUT2D eigenvalue weighted by Crippen LogP contribution is 2.14. The standard InChI is InChI=1S/C12H24N2O3/c1-9-7-14(8-10(2)17-9)6-5-12(3,13)11(15)16-4/h9-10H,5-8,13H2,1-4H3/t9-,10+,12?. The summed E-state index contributed by atoms with van der Waals surface area (Å²) in [5, 5.41) is 0. The summed E-state index contributed by atoms with van der Waals surface area (Å²) in [6, 6.07) is 0. The van der Waals surface area contributed by atoms with Crippen molar-refractivity contribution in [1.29, 1.82) is 0 Å². The Balaban J connectivity index is 2.42. The Morgan fingerprint density at radius 3 is 2.47 bits per heavy atom. The van der Waals surface area contributed by atoms with Crippen molar-refractivity contribution < 1.29 is 14.3 Å². The fraction of sp³-hybridized carbons (Fsp3) is 0.917. The van der Waals surface area contributed by atoms with Crippen LogP contribution in [-0.2, 0) is 14.3 Å². The summed E-state index contributed by atoms with van der Waals surface area (Å²) in [5.74, 6) is -0.355. The van der Waals surface area contributed by atoms with Crippen molar-refractivity contribution in [3.8, 4) is 0 Å². The second-order valence-corrected chi connectivity index (χ2v) is 5.18. The van der Waals surface area contributed by atoms with E-state index in [2.05, 4.69) is 23.5 Å². The van der Waals surface area contributed by atoms with E-state index in [1.54, 1.807) is 6.92 Å². The number of ether oxygens (including phenoxy) is 2. The van der Waals surface area contributed by atoms with Crippen LogP contribution in [-0.4, -0.2) is 55.4 Å². The lowest BCUT2D eigenvalue weighted by molar-refractivity contribution is -0.147. The Hall–Kier alpha value is -0.650. The fourth-order valence-corrected chi connectivity index (χ4v) is 2.19. The molecule has 1 unspecified atom stereocenters. The molecule has 0 spiro atoms. The van der Waals surface area contributed by atoms with Crippen LogP contribution in [0.2, 0.25) is 0 Å². The normalized spacial score (nSPS) is 29.7. The summed E-state index contributed by atoms with van der Waals surface area (Å²) in [4.78, 5) is 13.7. The summed E-state index contributed by atoms with van der Waals surface area (Å²) in [6.07, 6.45) is 1.07. The van der Waals surface area contributed by atoms with Crippen LogP contribution in [0, 0.1) is 0 Å². The summed E-state index contributed by atoms with van der Waals surface area (Å²) in [6.45, 7) is 8.41. The molecule has 0 amide bonds. The van der Waals surface area contributed by atoms with Gasteiger partial charge in [0.05, 0.1) is 19.3 Å². The average Bonchev–Trinajstić information content (AvgIpc) is 2.24. The third-order valence-corrected chi connectivity index (χ3v) is 3.09. The minimum absolute atomic E-state index is 0.237. The molecule has 100 valence electrons. The summed E-state index contributed by atoms with van der Waals surface area (Å²) in [5.41, 5.74) is 5.02. The van der Waals surface area contributed by atoms with E-state index in [0.717, 1.165) is 19.6 Å². The van der Waals surface area contributed by atoms with E-state index in [0.29, 0.717) is 6.42 Å². The molecule has 1 rings (SSSR count). The highest BCUT2D eigenvalue weighted by atomic mass is 16.5. The minimum Gasteiger partial charge on any atom is -0.468 e. The van der Waals surface area contributed by atoms with Gasteiger partial charge in [-0.15, -0.1) is 0 Å². The van der Waals surface area contributed by atoms with Crippen LogP contribution in [0.4, 0.5) is 0 Å². The number of hydrogen-bond donors (Lipinski definition) is 1. The van der Waals surface area contributed by atoms with E-state index in [4.69, 9.17) is 10.5 Å².